The Balaban J connectivity index is 1.31. The van der Waals surface area contributed by atoms with Crippen molar-refractivity contribution in [1.82, 2.24) is 19.8 Å². The predicted octanol–water partition coefficient (Wildman–Crippen LogP) is 4.61. The molecule has 0 spiro atoms. The summed E-state index contributed by atoms with van der Waals surface area (Å²) in [5, 5.41) is 20.9. The lowest BCUT2D eigenvalue weighted by Gasteiger charge is -2.24. The fraction of sp³-hybridized carbons (Fsp3) is 0.387. The van der Waals surface area contributed by atoms with E-state index in [4.69, 9.17) is 9.15 Å². The number of aromatic nitrogens is 2. The molecule has 3 atom stereocenters. The number of pyridine rings is 2. The molecule has 3 aromatic heterocycles. The third kappa shape index (κ3) is 5.12. The zero-order valence-corrected chi connectivity index (χ0v) is 23.4. The molecule has 9 nitrogen and oxygen atoms in total. The van der Waals surface area contributed by atoms with Crippen molar-refractivity contribution in [1.29, 1.82) is 5.26 Å². The molecule has 0 bridgehead atoms. The van der Waals surface area contributed by atoms with E-state index < -0.39 is 12.4 Å². The van der Waals surface area contributed by atoms with Gasteiger partial charge in [0.25, 0.3) is 0 Å². The number of nitrogens with zero attached hydrogens (tertiary/aromatic N) is 6. The number of nitriles is 1. The van der Waals surface area contributed by atoms with Crippen LogP contribution in [0.25, 0.3) is 33.6 Å². The Kier molecular flexibility index (Phi) is 7.34. The van der Waals surface area contributed by atoms with Crippen LogP contribution in [0.3, 0.4) is 0 Å². The first-order valence-electron chi connectivity index (χ1n) is 13.8. The van der Waals surface area contributed by atoms with E-state index in [9.17, 15) is 14.8 Å². The molecule has 0 amide bonds. The van der Waals surface area contributed by atoms with Crippen molar-refractivity contribution in [2.24, 2.45) is 0 Å². The Hall–Kier alpha value is -4.04. The average Bonchev–Trinajstić information content (AvgIpc) is 3.75. The van der Waals surface area contributed by atoms with Gasteiger partial charge in [-0.25, -0.2) is 4.39 Å². The Morgan fingerprint density at radius 2 is 1.98 bits per heavy atom. The second-order valence-electron chi connectivity index (χ2n) is 10.9. The van der Waals surface area contributed by atoms with E-state index in [-0.39, 0.29) is 0 Å². The van der Waals surface area contributed by atoms with Crippen LogP contribution in [0.15, 0.2) is 53.2 Å². The third-order valence-corrected chi connectivity index (χ3v) is 8.22. The average molecular weight is 557 g/mol. The number of alkyl halides is 1. The molecule has 10 heteroatoms. The molecule has 2 saturated heterocycles. The van der Waals surface area contributed by atoms with E-state index in [1.807, 2.05) is 40.1 Å². The Labute approximate surface area is 238 Å². The topological polar surface area (TPSA) is 102 Å². The van der Waals surface area contributed by atoms with E-state index in [0.717, 1.165) is 36.3 Å². The molecule has 2 aliphatic rings. The SMILES string of the molecule is COc1cc(C(O)N2CC[C@@H](N(C)C)C2)ncc1-c1cc2nccc(-c3ccc(N4CC[C@H](F)C4)c(C#N)c3)c2o1. The maximum atomic E-state index is 13.8. The maximum Gasteiger partial charge on any atom is 0.161 e. The molecule has 212 valence electrons. The van der Waals surface area contributed by atoms with Crippen molar-refractivity contribution >= 4 is 16.8 Å². The number of aliphatic hydroxyl groups is 1. The Morgan fingerprint density at radius 1 is 1.12 bits per heavy atom. The molecule has 5 heterocycles. The molecule has 1 unspecified atom stereocenters. The summed E-state index contributed by atoms with van der Waals surface area (Å²) in [6, 6.07) is 13.7. The van der Waals surface area contributed by atoms with Crippen LogP contribution in [0.5, 0.6) is 5.75 Å². The highest BCUT2D eigenvalue weighted by Crippen LogP contribution is 2.39. The molecule has 6 rings (SSSR count). The van der Waals surface area contributed by atoms with Gasteiger partial charge in [-0.3, -0.25) is 14.9 Å². The van der Waals surface area contributed by atoms with Crippen LogP contribution in [0, 0.1) is 11.3 Å². The normalized spacial score (nSPS) is 20.2. The molecule has 4 aromatic rings. The van der Waals surface area contributed by atoms with Crippen LogP contribution in [0.2, 0.25) is 0 Å². The van der Waals surface area contributed by atoms with E-state index in [1.165, 1.54) is 0 Å². The van der Waals surface area contributed by atoms with Gasteiger partial charge in [0.05, 0.1) is 29.6 Å². The highest BCUT2D eigenvalue weighted by Gasteiger charge is 2.30. The van der Waals surface area contributed by atoms with Crippen molar-refractivity contribution in [2.45, 2.75) is 31.3 Å². The Morgan fingerprint density at radius 3 is 2.68 bits per heavy atom. The predicted molar refractivity (Wildman–Crippen MR) is 154 cm³/mol. The molecular formula is C31H33FN6O3. The number of rotatable bonds is 7. The number of hydrogen-bond acceptors (Lipinski definition) is 9. The van der Waals surface area contributed by atoms with Gasteiger partial charge in [0, 0.05) is 62.3 Å². The third-order valence-electron chi connectivity index (χ3n) is 8.22. The fourth-order valence-electron chi connectivity index (χ4n) is 5.85. The summed E-state index contributed by atoms with van der Waals surface area (Å²) < 4.78 is 25.8. The van der Waals surface area contributed by atoms with Crippen molar-refractivity contribution in [3.8, 4) is 34.3 Å². The summed E-state index contributed by atoms with van der Waals surface area (Å²) in [6.07, 6.45) is 3.12. The van der Waals surface area contributed by atoms with Crippen molar-refractivity contribution in [2.75, 3.05) is 52.3 Å². The second-order valence-corrected chi connectivity index (χ2v) is 10.9. The molecule has 1 N–H and O–H groups in total. The van der Waals surface area contributed by atoms with E-state index in [2.05, 4.69) is 35.0 Å². The van der Waals surface area contributed by atoms with Gasteiger partial charge in [0.1, 0.15) is 29.3 Å². The van der Waals surface area contributed by atoms with Gasteiger partial charge in [0.15, 0.2) is 11.8 Å². The molecule has 0 aliphatic carbocycles. The van der Waals surface area contributed by atoms with Crippen LogP contribution < -0.4 is 9.64 Å². The maximum absolute atomic E-state index is 13.8. The summed E-state index contributed by atoms with van der Waals surface area (Å²) in [6.45, 7) is 2.45. The zero-order valence-electron chi connectivity index (χ0n) is 23.4. The number of halogens is 1. The lowest BCUT2D eigenvalue weighted by atomic mass is 10.0. The number of fused-ring (bicyclic) bond motifs is 1. The molecule has 0 radical (unpaired) electrons. The van der Waals surface area contributed by atoms with Gasteiger partial charge < -0.3 is 24.1 Å². The van der Waals surface area contributed by atoms with Crippen LogP contribution >= 0.6 is 0 Å². The number of anilines is 1. The minimum atomic E-state index is -0.873. The first-order valence-corrected chi connectivity index (χ1v) is 13.8. The first kappa shape index (κ1) is 27.1. The van der Waals surface area contributed by atoms with Gasteiger partial charge in [-0.15, -0.1) is 0 Å². The number of likely N-dealkylation sites (tertiary alicyclic amines) is 1. The second kappa shape index (κ2) is 11.1. The molecule has 0 saturated carbocycles. The summed E-state index contributed by atoms with van der Waals surface area (Å²) in [7, 11) is 5.69. The highest BCUT2D eigenvalue weighted by atomic mass is 19.1. The van der Waals surface area contributed by atoms with Gasteiger partial charge in [-0.2, -0.15) is 5.26 Å². The van der Waals surface area contributed by atoms with Crippen LogP contribution in [0.4, 0.5) is 10.1 Å². The van der Waals surface area contributed by atoms with E-state index >= 15 is 0 Å². The lowest BCUT2D eigenvalue weighted by molar-refractivity contribution is 0.0115. The molecule has 1 aromatic carbocycles. The quantitative estimate of drug-likeness (QED) is 0.350. The molecule has 41 heavy (non-hydrogen) atoms. The molecule has 2 fully saturated rings. The summed E-state index contributed by atoms with van der Waals surface area (Å²) in [5.41, 5.74) is 5.20. The van der Waals surface area contributed by atoms with Gasteiger partial charge in [0.2, 0.25) is 0 Å². The Bertz CT molecular complexity index is 1620. The lowest BCUT2D eigenvalue weighted by Crippen LogP contribution is -2.33. The number of hydrogen-bond donors (Lipinski definition) is 1. The van der Waals surface area contributed by atoms with Crippen molar-refractivity contribution in [3.05, 3.63) is 60.0 Å². The van der Waals surface area contributed by atoms with Crippen molar-refractivity contribution < 1.29 is 18.7 Å². The summed E-state index contributed by atoms with van der Waals surface area (Å²) in [4.78, 5) is 15.2. The fourth-order valence-corrected chi connectivity index (χ4v) is 5.85. The molecular weight excluding hydrogens is 523 g/mol. The van der Waals surface area contributed by atoms with Gasteiger partial charge >= 0.3 is 0 Å². The first-order chi connectivity index (χ1) is 19.9. The van der Waals surface area contributed by atoms with Crippen molar-refractivity contribution in [3.63, 3.8) is 0 Å². The number of benzene rings is 1. The zero-order chi connectivity index (χ0) is 28.7. The highest BCUT2D eigenvalue weighted by molar-refractivity contribution is 5.93. The van der Waals surface area contributed by atoms with Crippen LogP contribution in [-0.2, 0) is 0 Å². The van der Waals surface area contributed by atoms with Crippen LogP contribution in [0.1, 0.15) is 30.3 Å². The van der Waals surface area contributed by atoms with E-state index in [0.29, 0.717) is 65.0 Å². The number of aliphatic hydroxyl groups excluding tert-OH is 1. The number of likely N-dealkylation sites (N-methyl/N-ethyl adjacent to an activating group) is 1. The minimum absolute atomic E-state index is 0.301. The number of ether oxygens (including phenoxy) is 1. The minimum Gasteiger partial charge on any atom is -0.496 e. The van der Waals surface area contributed by atoms with E-state index in [1.54, 1.807) is 25.6 Å². The summed E-state index contributed by atoms with van der Waals surface area (Å²) >= 11 is 0. The van der Waals surface area contributed by atoms with Crippen LogP contribution in [-0.4, -0.2) is 84.5 Å². The number of furan rings is 1. The largest absolute Gasteiger partial charge is 0.496 e. The number of methoxy groups -OCH3 is 1. The molecule has 2 aliphatic heterocycles. The van der Waals surface area contributed by atoms with Gasteiger partial charge in [-0.05, 0) is 50.7 Å². The monoisotopic (exact) mass is 556 g/mol. The summed E-state index contributed by atoms with van der Waals surface area (Å²) in [5.74, 6) is 1.06. The smallest absolute Gasteiger partial charge is 0.161 e. The van der Waals surface area contributed by atoms with Gasteiger partial charge in [-0.1, -0.05) is 6.07 Å². The standard InChI is InChI=1S/C31H33FN6O3/c1-36(2)22-8-11-38(18-22)31(39)26-14-28(40-3)24(16-35-26)29-13-25-30(41-29)23(6-9-34-25)19-4-5-27(20(12-19)15-33)37-10-7-21(32)17-37/h4-6,9,12-14,16,21-22,31,39H,7-8,10-11,17-18H2,1-3H3/t21-,22+,31?/m0/s1.